The fraction of sp³-hybridized carbons (Fsp3) is 0.682. The van der Waals surface area contributed by atoms with Gasteiger partial charge in [-0.2, -0.15) is 0 Å². The molecule has 8 heteroatoms. The molecule has 3 fully saturated rings. The molecule has 3 aliphatic rings. The number of carbonyl (C=O) groups is 2. The number of methoxy groups -OCH3 is 1. The van der Waals surface area contributed by atoms with Crippen molar-refractivity contribution in [2.75, 3.05) is 59.6 Å². The topological polar surface area (TPSA) is 75.2 Å². The standard InChI is InChI=1S/C22H32N4O4/c1-29-20-7-6-18(15-23-20)21(27)25-8-2-3-19(16-25)26(22(28)17-4-5-17)10-9-24-11-13-30-14-12-24/h6-7,15,17,19H,2-5,8-14,16H2,1H3. The molecule has 1 atom stereocenters. The lowest BCUT2D eigenvalue weighted by molar-refractivity contribution is -0.136. The molecule has 2 saturated heterocycles. The SMILES string of the molecule is COc1ccc(C(=O)N2CCCC(N(CCN3CCOCC3)C(=O)C3CC3)C2)cn1. The first-order valence-corrected chi connectivity index (χ1v) is 11.1. The van der Waals surface area contributed by atoms with Crippen molar-refractivity contribution in [1.29, 1.82) is 0 Å². The number of ether oxygens (including phenoxy) is 2. The number of piperidine rings is 1. The summed E-state index contributed by atoms with van der Waals surface area (Å²) in [5.41, 5.74) is 0.560. The molecule has 2 aliphatic heterocycles. The van der Waals surface area contributed by atoms with Crippen molar-refractivity contribution in [3.05, 3.63) is 23.9 Å². The Hall–Kier alpha value is -2.19. The van der Waals surface area contributed by atoms with Crippen LogP contribution in [0.2, 0.25) is 0 Å². The van der Waals surface area contributed by atoms with E-state index in [9.17, 15) is 9.59 Å². The smallest absolute Gasteiger partial charge is 0.255 e. The van der Waals surface area contributed by atoms with Gasteiger partial charge in [-0.3, -0.25) is 14.5 Å². The van der Waals surface area contributed by atoms with Gasteiger partial charge in [0.1, 0.15) is 0 Å². The lowest BCUT2D eigenvalue weighted by Crippen LogP contribution is -2.54. The highest BCUT2D eigenvalue weighted by atomic mass is 16.5. The van der Waals surface area contributed by atoms with Gasteiger partial charge in [-0.1, -0.05) is 0 Å². The molecule has 1 aromatic heterocycles. The molecule has 1 aliphatic carbocycles. The Morgan fingerprint density at radius 2 is 2.00 bits per heavy atom. The third-order valence-electron chi connectivity index (χ3n) is 6.29. The number of nitrogens with zero attached hydrogens (tertiary/aromatic N) is 4. The van der Waals surface area contributed by atoms with Crippen LogP contribution in [0.1, 0.15) is 36.0 Å². The maximum absolute atomic E-state index is 13.0. The molecule has 1 unspecified atom stereocenters. The van der Waals surface area contributed by atoms with Gasteiger partial charge in [0.2, 0.25) is 11.8 Å². The third kappa shape index (κ3) is 5.10. The largest absolute Gasteiger partial charge is 0.481 e. The summed E-state index contributed by atoms with van der Waals surface area (Å²) < 4.78 is 10.5. The number of amides is 2. The number of hydrogen-bond donors (Lipinski definition) is 0. The van der Waals surface area contributed by atoms with Gasteiger partial charge in [-0.05, 0) is 31.7 Å². The van der Waals surface area contributed by atoms with Gasteiger partial charge in [0, 0.05) is 63.5 Å². The lowest BCUT2D eigenvalue weighted by atomic mass is 10.0. The van der Waals surface area contributed by atoms with Crippen molar-refractivity contribution < 1.29 is 19.1 Å². The average Bonchev–Trinajstić information content (AvgIpc) is 3.65. The maximum atomic E-state index is 13.0. The van der Waals surface area contributed by atoms with Crippen molar-refractivity contribution >= 4 is 11.8 Å². The zero-order chi connectivity index (χ0) is 20.9. The normalized spacial score (nSPS) is 22.6. The van der Waals surface area contributed by atoms with E-state index in [-0.39, 0.29) is 23.8 Å². The Morgan fingerprint density at radius 1 is 1.20 bits per heavy atom. The van der Waals surface area contributed by atoms with Gasteiger partial charge in [-0.15, -0.1) is 0 Å². The Bertz CT molecular complexity index is 731. The number of aromatic nitrogens is 1. The summed E-state index contributed by atoms with van der Waals surface area (Å²) in [6.07, 6.45) is 5.42. The first kappa shape index (κ1) is 21.1. The van der Waals surface area contributed by atoms with Gasteiger partial charge in [0.25, 0.3) is 5.91 Å². The van der Waals surface area contributed by atoms with E-state index in [1.165, 1.54) is 0 Å². The molecule has 1 aromatic rings. The van der Waals surface area contributed by atoms with E-state index >= 15 is 0 Å². The Balaban J connectivity index is 1.40. The van der Waals surface area contributed by atoms with E-state index in [2.05, 4.69) is 14.8 Å². The van der Waals surface area contributed by atoms with Crippen LogP contribution in [0.4, 0.5) is 0 Å². The summed E-state index contributed by atoms with van der Waals surface area (Å²) >= 11 is 0. The van der Waals surface area contributed by atoms with Crippen LogP contribution in [-0.4, -0.2) is 97.1 Å². The highest BCUT2D eigenvalue weighted by Crippen LogP contribution is 2.32. The molecule has 30 heavy (non-hydrogen) atoms. The van der Waals surface area contributed by atoms with Crippen LogP contribution in [0.3, 0.4) is 0 Å². The third-order valence-corrected chi connectivity index (χ3v) is 6.29. The molecule has 8 nitrogen and oxygen atoms in total. The minimum atomic E-state index is -0.0261. The molecular formula is C22H32N4O4. The summed E-state index contributed by atoms with van der Waals surface area (Å²) in [5.74, 6) is 0.925. The minimum absolute atomic E-state index is 0.0261. The molecule has 0 N–H and O–H groups in total. The van der Waals surface area contributed by atoms with E-state index in [0.29, 0.717) is 18.0 Å². The molecular weight excluding hydrogens is 384 g/mol. The second-order valence-electron chi connectivity index (χ2n) is 8.40. The highest BCUT2D eigenvalue weighted by Gasteiger charge is 2.38. The summed E-state index contributed by atoms with van der Waals surface area (Å²) in [4.78, 5) is 36.5. The van der Waals surface area contributed by atoms with Crippen molar-refractivity contribution in [1.82, 2.24) is 19.7 Å². The van der Waals surface area contributed by atoms with Crippen molar-refractivity contribution in [2.45, 2.75) is 31.7 Å². The van der Waals surface area contributed by atoms with Crippen LogP contribution in [0.5, 0.6) is 5.88 Å². The Kier molecular flexibility index (Phi) is 6.84. The molecule has 0 spiro atoms. The first-order valence-electron chi connectivity index (χ1n) is 11.1. The van der Waals surface area contributed by atoms with Crippen molar-refractivity contribution in [2.24, 2.45) is 5.92 Å². The predicted molar refractivity (Wildman–Crippen MR) is 111 cm³/mol. The Labute approximate surface area is 178 Å². The van der Waals surface area contributed by atoms with Gasteiger partial charge in [0.15, 0.2) is 0 Å². The van der Waals surface area contributed by atoms with Gasteiger partial charge >= 0.3 is 0 Å². The van der Waals surface area contributed by atoms with Crippen LogP contribution in [0, 0.1) is 5.92 Å². The molecule has 4 rings (SSSR count). The molecule has 1 saturated carbocycles. The lowest BCUT2D eigenvalue weighted by Gasteiger charge is -2.40. The number of rotatable bonds is 7. The first-order chi connectivity index (χ1) is 14.7. The van der Waals surface area contributed by atoms with E-state index in [4.69, 9.17) is 9.47 Å². The van der Waals surface area contributed by atoms with Crippen LogP contribution in [0.15, 0.2) is 18.3 Å². The van der Waals surface area contributed by atoms with Crippen LogP contribution in [0.25, 0.3) is 0 Å². The highest BCUT2D eigenvalue weighted by molar-refractivity contribution is 5.94. The van der Waals surface area contributed by atoms with Crippen molar-refractivity contribution in [3.8, 4) is 5.88 Å². The predicted octanol–water partition coefficient (Wildman–Crippen LogP) is 1.27. The summed E-state index contributed by atoms with van der Waals surface area (Å²) in [5, 5.41) is 0. The van der Waals surface area contributed by atoms with E-state index in [0.717, 1.165) is 71.6 Å². The second-order valence-corrected chi connectivity index (χ2v) is 8.40. The molecule has 0 bridgehead atoms. The molecule has 0 radical (unpaired) electrons. The maximum Gasteiger partial charge on any atom is 0.255 e. The fourth-order valence-electron chi connectivity index (χ4n) is 4.32. The molecule has 2 amide bonds. The molecule has 0 aromatic carbocycles. The fourth-order valence-corrected chi connectivity index (χ4v) is 4.32. The summed E-state index contributed by atoms with van der Waals surface area (Å²) in [6.45, 7) is 6.27. The second kappa shape index (κ2) is 9.75. The number of morpholine rings is 1. The van der Waals surface area contributed by atoms with E-state index in [1.807, 2.05) is 4.90 Å². The monoisotopic (exact) mass is 416 g/mol. The van der Waals surface area contributed by atoms with E-state index in [1.54, 1.807) is 25.4 Å². The zero-order valence-corrected chi connectivity index (χ0v) is 17.8. The number of pyridine rings is 1. The number of likely N-dealkylation sites (tertiary alicyclic amines) is 1. The summed E-state index contributed by atoms with van der Waals surface area (Å²) in [7, 11) is 1.56. The van der Waals surface area contributed by atoms with Crippen LogP contribution >= 0.6 is 0 Å². The minimum Gasteiger partial charge on any atom is -0.481 e. The quantitative estimate of drug-likeness (QED) is 0.666. The zero-order valence-electron chi connectivity index (χ0n) is 17.8. The van der Waals surface area contributed by atoms with Crippen molar-refractivity contribution in [3.63, 3.8) is 0 Å². The average molecular weight is 417 g/mol. The van der Waals surface area contributed by atoms with Gasteiger partial charge < -0.3 is 19.3 Å². The number of carbonyl (C=O) groups excluding carboxylic acids is 2. The molecule has 3 heterocycles. The molecule has 164 valence electrons. The van der Waals surface area contributed by atoms with E-state index < -0.39 is 0 Å². The van der Waals surface area contributed by atoms with Crippen LogP contribution < -0.4 is 4.74 Å². The summed E-state index contributed by atoms with van der Waals surface area (Å²) in [6, 6.07) is 3.55. The Morgan fingerprint density at radius 3 is 2.67 bits per heavy atom. The number of hydrogen-bond acceptors (Lipinski definition) is 6. The van der Waals surface area contributed by atoms with Gasteiger partial charge in [0.05, 0.1) is 25.9 Å². The van der Waals surface area contributed by atoms with Crippen LogP contribution in [-0.2, 0) is 9.53 Å². The van der Waals surface area contributed by atoms with Gasteiger partial charge in [-0.25, -0.2) is 4.98 Å².